The van der Waals surface area contributed by atoms with Gasteiger partial charge in [0.2, 0.25) is 5.91 Å². The van der Waals surface area contributed by atoms with Crippen molar-refractivity contribution in [1.29, 1.82) is 0 Å². The van der Waals surface area contributed by atoms with Gasteiger partial charge in [-0.3, -0.25) is 9.59 Å². The SMILES string of the molecule is COCCNC(=O)[C@H]1CN(C(=O)c2ccc(Cl)cc2)C[C@@H]1c1ccccc1. The van der Waals surface area contributed by atoms with Crippen molar-refractivity contribution >= 4 is 23.4 Å². The summed E-state index contributed by atoms with van der Waals surface area (Å²) in [5, 5.41) is 3.50. The fourth-order valence-corrected chi connectivity index (χ4v) is 3.58. The van der Waals surface area contributed by atoms with Crippen LogP contribution in [0.5, 0.6) is 0 Å². The zero-order valence-corrected chi connectivity index (χ0v) is 16.0. The number of methoxy groups -OCH3 is 1. The molecule has 1 N–H and O–H groups in total. The minimum absolute atomic E-state index is 0.0370. The van der Waals surface area contributed by atoms with Crippen LogP contribution < -0.4 is 5.32 Å². The van der Waals surface area contributed by atoms with Crippen LogP contribution in [-0.4, -0.2) is 50.1 Å². The number of likely N-dealkylation sites (tertiary alicyclic amines) is 1. The van der Waals surface area contributed by atoms with E-state index in [2.05, 4.69) is 5.32 Å². The zero-order valence-electron chi connectivity index (χ0n) is 15.2. The Balaban J connectivity index is 1.79. The molecule has 27 heavy (non-hydrogen) atoms. The van der Waals surface area contributed by atoms with Crippen molar-refractivity contribution in [3.05, 3.63) is 70.7 Å². The quantitative estimate of drug-likeness (QED) is 0.776. The van der Waals surface area contributed by atoms with E-state index in [-0.39, 0.29) is 23.7 Å². The summed E-state index contributed by atoms with van der Waals surface area (Å²) in [7, 11) is 1.60. The minimum Gasteiger partial charge on any atom is -0.383 e. The summed E-state index contributed by atoms with van der Waals surface area (Å²) < 4.78 is 5.00. The molecule has 0 radical (unpaired) electrons. The Labute approximate surface area is 164 Å². The predicted molar refractivity (Wildman–Crippen MR) is 105 cm³/mol. The van der Waals surface area contributed by atoms with E-state index in [9.17, 15) is 9.59 Å². The lowest BCUT2D eigenvalue weighted by Gasteiger charge is -2.18. The molecule has 1 saturated heterocycles. The number of rotatable bonds is 6. The summed E-state index contributed by atoms with van der Waals surface area (Å²) in [5.41, 5.74) is 1.64. The molecule has 142 valence electrons. The number of nitrogens with zero attached hydrogens (tertiary/aromatic N) is 1. The van der Waals surface area contributed by atoms with Crippen LogP contribution in [0, 0.1) is 5.92 Å². The van der Waals surface area contributed by atoms with E-state index in [0.29, 0.717) is 36.8 Å². The summed E-state index contributed by atoms with van der Waals surface area (Å²) in [5.74, 6) is -0.461. The summed E-state index contributed by atoms with van der Waals surface area (Å²) >= 11 is 5.92. The lowest BCUT2D eigenvalue weighted by molar-refractivity contribution is -0.125. The molecule has 0 aliphatic carbocycles. The van der Waals surface area contributed by atoms with Crippen LogP contribution in [0.2, 0.25) is 5.02 Å². The van der Waals surface area contributed by atoms with Crippen molar-refractivity contribution < 1.29 is 14.3 Å². The van der Waals surface area contributed by atoms with Gasteiger partial charge in [0.15, 0.2) is 0 Å². The summed E-state index contributed by atoms with van der Waals surface area (Å²) in [6.07, 6.45) is 0. The summed E-state index contributed by atoms with van der Waals surface area (Å²) in [4.78, 5) is 27.4. The van der Waals surface area contributed by atoms with Crippen LogP contribution in [-0.2, 0) is 9.53 Å². The second kappa shape index (κ2) is 9.02. The number of nitrogens with one attached hydrogen (secondary N) is 1. The Morgan fingerprint density at radius 3 is 2.48 bits per heavy atom. The van der Waals surface area contributed by atoms with E-state index in [1.807, 2.05) is 30.3 Å². The van der Waals surface area contributed by atoms with Gasteiger partial charge in [0, 0.05) is 43.2 Å². The highest BCUT2D eigenvalue weighted by Crippen LogP contribution is 2.33. The molecule has 2 amide bonds. The normalized spacial score (nSPS) is 19.1. The standard InChI is InChI=1S/C21H23ClN2O3/c1-27-12-11-23-20(25)19-14-24(13-18(19)15-5-3-2-4-6-15)21(26)16-7-9-17(22)10-8-16/h2-10,18-19H,11-14H2,1H3,(H,23,25)/t18-,19+/m1/s1. The van der Waals surface area contributed by atoms with Crippen molar-refractivity contribution in [3.63, 3.8) is 0 Å². The third-order valence-electron chi connectivity index (χ3n) is 4.87. The Hall–Kier alpha value is -2.37. The minimum atomic E-state index is -0.291. The molecular formula is C21H23ClN2O3. The number of carbonyl (C=O) groups is 2. The molecule has 1 fully saturated rings. The van der Waals surface area contributed by atoms with Gasteiger partial charge < -0.3 is 15.0 Å². The predicted octanol–water partition coefficient (Wildman–Crippen LogP) is 2.96. The number of halogens is 1. The van der Waals surface area contributed by atoms with Crippen LogP contribution in [0.4, 0.5) is 0 Å². The lowest BCUT2D eigenvalue weighted by Crippen LogP contribution is -2.37. The molecule has 1 heterocycles. The third kappa shape index (κ3) is 4.67. The van der Waals surface area contributed by atoms with Gasteiger partial charge in [0.05, 0.1) is 12.5 Å². The molecule has 2 atom stereocenters. The largest absolute Gasteiger partial charge is 0.383 e. The second-order valence-corrected chi connectivity index (χ2v) is 7.06. The van der Waals surface area contributed by atoms with Crippen molar-refractivity contribution in [1.82, 2.24) is 10.2 Å². The number of carbonyl (C=O) groups excluding carboxylic acids is 2. The van der Waals surface area contributed by atoms with Crippen molar-refractivity contribution in [2.24, 2.45) is 5.92 Å². The molecule has 0 aromatic heterocycles. The highest BCUT2D eigenvalue weighted by Gasteiger charge is 2.40. The molecule has 2 aromatic carbocycles. The first-order valence-electron chi connectivity index (χ1n) is 8.96. The molecule has 0 spiro atoms. The smallest absolute Gasteiger partial charge is 0.253 e. The first-order chi connectivity index (χ1) is 13.1. The van der Waals surface area contributed by atoms with Crippen molar-refractivity contribution in [2.75, 3.05) is 33.4 Å². The average molecular weight is 387 g/mol. The van der Waals surface area contributed by atoms with Gasteiger partial charge >= 0.3 is 0 Å². The second-order valence-electron chi connectivity index (χ2n) is 6.62. The highest BCUT2D eigenvalue weighted by molar-refractivity contribution is 6.30. The maximum Gasteiger partial charge on any atom is 0.253 e. The van der Waals surface area contributed by atoms with Crippen molar-refractivity contribution in [2.45, 2.75) is 5.92 Å². The van der Waals surface area contributed by atoms with Gasteiger partial charge in [-0.2, -0.15) is 0 Å². The first kappa shape index (κ1) is 19.4. The molecule has 5 nitrogen and oxygen atoms in total. The molecule has 0 saturated carbocycles. The number of benzene rings is 2. The maximum atomic E-state index is 12.9. The Bertz CT molecular complexity index is 780. The summed E-state index contributed by atoms with van der Waals surface area (Å²) in [6.45, 7) is 1.81. The van der Waals surface area contributed by atoms with Crippen LogP contribution in [0.1, 0.15) is 21.8 Å². The van der Waals surface area contributed by atoms with Crippen molar-refractivity contribution in [3.8, 4) is 0 Å². The lowest BCUT2D eigenvalue weighted by atomic mass is 9.88. The molecule has 0 unspecified atom stereocenters. The molecule has 2 aromatic rings. The monoisotopic (exact) mass is 386 g/mol. The van der Waals surface area contributed by atoms with Crippen LogP contribution in [0.15, 0.2) is 54.6 Å². The molecule has 3 rings (SSSR count). The fraction of sp³-hybridized carbons (Fsp3) is 0.333. The molecule has 0 bridgehead atoms. The molecular weight excluding hydrogens is 364 g/mol. The number of hydrogen-bond acceptors (Lipinski definition) is 3. The Morgan fingerprint density at radius 2 is 1.81 bits per heavy atom. The van der Waals surface area contributed by atoms with Crippen LogP contribution in [0.25, 0.3) is 0 Å². The number of amides is 2. The first-order valence-corrected chi connectivity index (χ1v) is 9.34. The van der Waals surface area contributed by atoms with E-state index >= 15 is 0 Å². The van der Waals surface area contributed by atoms with Gasteiger partial charge in [-0.15, -0.1) is 0 Å². The van der Waals surface area contributed by atoms with E-state index in [0.717, 1.165) is 5.56 Å². The number of ether oxygens (including phenoxy) is 1. The van der Waals surface area contributed by atoms with E-state index in [1.165, 1.54) is 0 Å². The molecule has 1 aliphatic heterocycles. The van der Waals surface area contributed by atoms with Crippen LogP contribution in [0.3, 0.4) is 0 Å². The van der Waals surface area contributed by atoms with E-state index in [1.54, 1.807) is 36.3 Å². The van der Waals surface area contributed by atoms with Gasteiger partial charge in [-0.1, -0.05) is 41.9 Å². The Morgan fingerprint density at radius 1 is 1.11 bits per heavy atom. The Kier molecular flexibility index (Phi) is 6.48. The van der Waals surface area contributed by atoms with Gasteiger partial charge in [0.25, 0.3) is 5.91 Å². The zero-order chi connectivity index (χ0) is 19.2. The van der Waals surface area contributed by atoms with Gasteiger partial charge in [0.1, 0.15) is 0 Å². The van der Waals surface area contributed by atoms with E-state index in [4.69, 9.17) is 16.3 Å². The van der Waals surface area contributed by atoms with Gasteiger partial charge in [-0.05, 0) is 29.8 Å². The molecule has 6 heteroatoms. The van der Waals surface area contributed by atoms with Gasteiger partial charge in [-0.25, -0.2) is 0 Å². The maximum absolute atomic E-state index is 12.9. The van der Waals surface area contributed by atoms with E-state index < -0.39 is 0 Å². The topological polar surface area (TPSA) is 58.6 Å². The summed E-state index contributed by atoms with van der Waals surface area (Å²) in [6, 6.07) is 16.7. The van der Waals surface area contributed by atoms with Crippen LogP contribution >= 0.6 is 11.6 Å². The highest BCUT2D eigenvalue weighted by atomic mass is 35.5. The molecule has 1 aliphatic rings. The average Bonchev–Trinajstić information content (AvgIpc) is 3.14. The number of hydrogen-bond donors (Lipinski definition) is 1. The third-order valence-corrected chi connectivity index (χ3v) is 5.12. The fourth-order valence-electron chi connectivity index (χ4n) is 3.46.